The summed E-state index contributed by atoms with van der Waals surface area (Å²) in [5, 5.41) is 11.3. The zero-order valence-electron chi connectivity index (χ0n) is 15.7. The minimum atomic E-state index is -1.65. The summed E-state index contributed by atoms with van der Waals surface area (Å²) >= 11 is 3.48. The Morgan fingerprint density at radius 3 is 2.82 bits per heavy atom. The summed E-state index contributed by atoms with van der Waals surface area (Å²) in [5.41, 5.74) is 2.54. The normalized spacial score (nSPS) is 16.5. The SMILES string of the molecule is CN[SH+](=O)c1ccc(N2CCC(C)CC2)c(Nc2ncnc3n[nH]c(Br)c23)c1. The first-order valence-corrected chi connectivity index (χ1v) is 11.3. The van der Waals surface area contributed by atoms with Gasteiger partial charge in [-0.15, -0.1) is 4.72 Å². The maximum absolute atomic E-state index is 12.3. The smallest absolute Gasteiger partial charge is 0.187 e. The van der Waals surface area contributed by atoms with Crippen LogP contribution in [0.3, 0.4) is 0 Å². The van der Waals surface area contributed by atoms with Crippen molar-refractivity contribution in [2.45, 2.75) is 24.7 Å². The molecule has 28 heavy (non-hydrogen) atoms. The van der Waals surface area contributed by atoms with Crippen LogP contribution >= 0.6 is 15.9 Å². The second kappa shape index (κ2) is 8.14. The van der Waals surface area contributed by atoms with E-state index >= 15 is 0 Å². The van der Waals surface area contributed by atoms with E-state index in [1.807, 2.05) is 18.2 Å². The molecule has 0 spiro atoms. The molecule has 4 rings (SSSR count). The summed E-state index contributed by atoms with van der Waals surface area (Å²) in [6, 6.07) is 5.91. The fourth-order valence-corrected chi connectivity index (χ4v) is 4.62. The van der Waals surface area contributed by atoms with Crippen LogP contribution in [0.5, 0.6) is 0 Å². The number of nitrogens with zero attached hydrogens (tertiary/aromatic N) is 4. The van der Waals surface area contributed by atoms with Crippen LogP contribution in [0, 0.1) is 5.92 Å². The molecule has 10 heteroatoms. The Morgan fingerprint density at radius 1 is 1.29 bits per heavy atom. The van der Waals surface area contributed by atoms with Crippen molar-refractivity contribution < 1.29 is 4.21 Å². The molecule has 1 aliphatic rings. The Morgan fingerprint density at radius 2 is 2.07 bits per heavy atom. The summed E-state index contributed by atoms with van der Waals surface area (Å²) in [6.07, 6.45) is 3.81. The van der Waals surface area contributed by atoms with E-state index in [2.05, 4.69) is 58.0 Å². The van der Waals surface area contributed by atoms with Crippen molar-refractivity contribution in [3.8, 4) is 0 Å². The highest BCUT2D eigenvalue weighted by atomic mass is 79.9. The Hall–Kier alpha value is -2.04. The van der Waals surface area contributed by atoms with E-state index in [0.717, 1.165) is 58.1 Å². The van der Waals surface area contributed by atoms with Gasteiger partial charge in [-0.3, -0.25) is 5.10 Å². The third-order valence-electron chi connectivity index (χ3n) is 5.10. The molecule has 0 radical (unpaired) electrons. The fourth-order valence-electron chi connectivity index (χ4n) is 3.45. The second-order valence-corrected chi connectivity index (χ2v) is 9.32. The molecule has 0 bridgehead atoms. The zero-order chi connectivity index (χ0) is 19.7. The second-order valence-electron chi connectivity index (χ2n) is 6.97. The number of H-pyrrole nitrogens is 1. The lowest BCUT2D eigenvalue weighted by atomic mass is 9.98. The Labute approximate surface area is 174 Å². The molecule has 3 aromatic rings. The minimum absolute atomic E-state index is 0.579. The van der Waals surface area contributed by atoms with Crippen LogP contribution in [-0.2, 0) is 15.2 Å². The molecule has 2 aromatic heterocycles. The summed E-state index contributed by atoms with van der Waals surface area (Å²) < 4.78 is 15.9. The van der Waals surface area contributed by atoms with Crippen LogP contribution in [0.25, 0.3) is 11.0 Å². The van der Waals surface area contributed by atoms with Gasteiger partial charge < -0.3 is 10.2 Å². The molecule has 1 aromatic carbocycles. The maximum atomic E-state index is 12.3. The van der Waals surface area contributed by atoms with Gasteiger partial charge in [-0.1, -0.05) is 11.1 Å². The van der Waals surface area contributed by atoms with Gasteiger partial charge in [0.05, 0.1) is 16.8 Å². The van der Waals surface area contributed by atoms with Gasteiger partial charge in [0.15, 0.2) is 21.5 Å². The quantitative estimate of drug-likeness (QED) is 0.395. The van der Waals surface area contributed by atoms with Gasteiger partial charge in [0.25, 0.3) is 0 Å². The predicted molar refractivity (Wildman–Crippen MR) is 116 cm³/mol. The number of halogens is 1. The molecule has 3 N–H and O–H groups in total. The fraction of sp³-hybridized carbons (Fsp3) is 0.389. The monoisotopic (exact) mass is 464 g/mol. The maximum Gasteiger partial charge on any atom is 0.187 e. The molecule has 3 heterocycles. The van der Waals surface area contributed by atoms with Crippen LogP contribution in [0.2, 0.25) is 0 Å². The molecule has 1 atom stereocenters. The average molecular weight is 465 g/mol. The van der Waals surface area contributed by atoms with Gasteiger partial charge in [0, 0.05) is 26.2 Å². The molecule has 1 saturated heterocycles. The van der Waals surface area contributed by atoms with Crippen LogP contribution in [0.1, 0.15) is 19.8 Å². The van der Waals surface area contributed by atoms with Crippen molar-refractivity contribution in [3.05, 3.63) is 29.1 Å². The molecule has 148 valence electrons. The van der Waals surface area contributed by atoms with E-state index in [9.17, 15) is 4.21 Å². The first kappa shape index (κ1) is 19.3. The number of piperidine rings is 1. The standard InChI is InChI=1S/C18H22BrN7OS/c1-11-5-7-26(8-6-11)14-4-3-12(28(27)20-2)9-13(14)23-17-15-16(19)24-25-18(15)22-10-21-17/h3-4,9-11H,5-8H2,1-2H3,(H,20,27)(H2,21,22,23,24,25)/p+1. The summed E-state index contributed by atoms with van der Waals surface area (Å²) in [5.74, 6) is 1.39. The van der Waals surface area contributed by atoms with E-state index in [1.54, 1.807) is 7.05 Å². The molecule has 0 saturated carbocycles. The summed E-state index contributed by atoms with van der Waals surface area (Å²) in [6.45, 7) is 4.30. The number of hydrogen-bond donors (Lipinski definition) is 3. The van der Waals surface area contributed by atoms with Crippen molar-refractivity contribution in [2.75, 3.05) is 30.4 Å². The number of thiol groups is 1. The van der Waals surface area contributed by atoms with Crippen LogP contribution < -0.4 is 14.9 Å². The number of rotatable bonds is 5. The van der Waals surface area contributed by atoms with Crippen molar-refractivity contribution >= 4 is 55.1 Å². The lowest BCUT2D eigenvalue weighted by Gasteiger charge is -2.33. The minimum Gasteiger partial charge on any atom is -0.370 e. The number of fused-ring (bicyclic) bond motifs is 1. The van der Waals surface area contributed by atoms with Crippen LogP contribution in [0.4, 0.5) is 17.2 Å². The molecule has 1 unspecified atom stereocenters. The van der Waals surface area contributed by atoms with Crippen molar-refractivity contribution in [1.29, 1.82) is 0 Å². The molecular formula is C18H23BrN7OS+. The van der Waals surface area contributed by atoms with Crippen molar-refractivity contribution in [2.24, 2.45) is 5.92 Å². The number of hydrogen-bond acceptors (Lipinski definition) is 6. The van der Waals surface area contributed by atoms with E-state index < -0.39 is 11.0 Å². The van der Waals surface area contributed by atoms with Gasteiger partial charge >= 0.3 is 0 Å². The Bertz CT molecular complexity index is 1020. The highest BCUT2D eigenvalue weighted by molar-refractivity contribution is 9.10. The predicted octanol–water partition coefficient (Wildman–Crippen LogP) is 3.28. The molecule has 0 amide bonds. The number of aromatic amines is 1. The van der Waals surface area contributed by atoms with Crippen LogP contribution in [0.15, 0.2) is 34.0 Å². The van der Waals surface area contributed by atoms with E-state index in [-0.39, 0.29) is 0 Å². The van der Waals surface area contributed by atoms with E-state index in [0.29, 0.717) is 11.5 Å². The molecule has 1 fully saturated rings. The van der Waals surface area contributed by atoms with E-state index in [1.165, 1.54) is 6.33 Å². The lowest BCUT2D eigenvalue weighted by Crippen LogP contribution is -2.33. The molecule has 8 nitrogen and oxygen atoms in total. The summed E-state index contributed by atoms with van der Waals surface area (Å²) in [7, 11) is 0.0448. The number of nitrogens with one attached hydrogen (secondary N) is 3. The highest BCUT2D eigenvalue weighted by Gasteiger charge is 2.22. The Balaban J connectivity index is 1.76. The molecule has 1 aliphatic heterocycles. The largest absolute Gasteiger partial charge is 0.370 e. The average Bonchev–Trinajstić information content (AvgIpc) is 3.10. The number of aromatic nitrogens is 4. The van der Waals surface area contributed by atoms with Gasteiger partial charge in [-0.25, -0.2) is 9.97 Å². The topological polar surface area (TPSA) is 98.8 Å². The summed E-state index contributed by atoms with van der Waals surface area (Å²) in [4.78, 5) is 11.7. The van der Waals surface area contributed by atoms with Gasteiger partial charge in [-0.2, -0.15) is 5.10 Å². The van der Waals surface area contributed by atoms with Gasteiger partial charge in [0.2, 0.25) is 0 Å². The molecule has 0 aliphatic carbocycles. The molecular weight excluding hydrogens is 442 g/mol. The first-order chi connectivity index (χ1) is 13.6. The van der Waals surface area contributed by atoms with Gasteiger partial charge in [0.1, 0.15) is 16.7 Å². The number of benzene rings is 1. The Kier molecular flexibility index (Phi) is 5.61. The zero-order valence-corrected chi connectivity index (χ0v) is 18.2. The number of anilines is 3. The van der Waals surface area contributed by atoms with Crippen molar-refractivity contribution in [3.63, 3.8) is 0 Å². The van der Waals surface area contributed by atoms with Crippen molar-refractivity contribution in [1.82, 2.24) is 24.9 Å². The third kappa shape index (κ3) is 3.76. The highest BCUT2D eigenvalue weighted by Crippen LogP contribution is 2.35. The van der Waals surface area contributed by atoms with Crippen LogP contribution in [-0.4, -0.2) is 40.3 Å². The van der Waals surface area contributed by atoms with Gasteiger partial charge in [-0.05, 0) is 46.8 Å². The first-order valence-electron chi connectivity index (χ1n) is 9.22. The van der Waals surface area contributed by atoms with E-state index in [4.69, 9.17) is 0 Å². The third-order valence-corrected chi connectivity index (χ3v) is 6.83. The lowest BCUT2D eigenvalue weighted by molar-refractivity contribution is 0.438.